The molecule has 0 saturated carbocycles. The molecule has 0 amide bonds. The van der Waals surface area contributed by atoms with Gasteiger partial charge in [0.1, 0.15) is 10.6 Å². The number of carboxylic acid groups (broad SMARTS) is 1. The SMILES string of the molecule is Cc1noc(C)c1S(=O)(=O)NCC(CC(C)(C)C)C(=O)O. The topological polar surface area (TPSA) is 110 Å². The quantitative estimate of drug-likeness (QED) is 0.826. The maximum absolute atomic E-state index is 12.2. The molecule has 1 unspecified atom stereocenters. The van der Waals surface area contributed by atoms with Crippen molar-refractivity contribution in [2.24, 2.45) is 11.3 Å². The van der Waals surface area contributed by atoms with Crippen LogP contribution in [-0.4, -0.2) is 31.2 Å². The number of aryl methyl sites for hydroxylation is 2. The Bertz CT molecular complexity index is 593. The first-order valence-electron chi connectivity index (χ1n) is 6.59. The van der Waals surface area contributed by atoms with E-state index in [0.29, 0.717) is 6.42 Å². The Morgan fingerprint density at radius 3 is 2.33 bits per heavy atom. The third kappa shape index (κ3) is 4.82. The minimum Gasteiger partial charge on any atom is -0.481 e. The van der Waals surface area contributed by atoms with Gasteiger partial charge in [0.25, 0.3) is 0 Å². The molecule has 7 nitrogen and oxygen atoms in total. The van der Waals surface area contributed by atoms with Crippen LogP contribution in [0, 0.1) is 25.2 Å². The predicted molar refractivity (Wildman–Crippen MR) is 76.4 cm³/mol. The molecule has 1 atom stereocenters. The molecule has 0 radical (unpaired) electrons. The van der Waals surface area contributed by atoms with E-state index in [-0.39, 0.29) is 28.3 Å². The zero-order chi connectivity index (χ0) is 16.4. The summed E-state index contributed by atoms with van der Waals surface area (Å²) >= 11 is 0. The van der Waals surface area contributed by atoms with Gasteiger partial charge in [-0.1, -0.05) is 25.9 Å². The van der Waals surface area contributed by atoms with Crippen molar-refractivity contribution < 1.29 is 22.8 Å². The minimum absolute atomic E-state index is 0.0256. The Kier molecular flexibility index (Phi) is 5.16. The molecule has 0 aliphatic carbocycles. The van der Waals surface area contributed by atoms with E-state index in [2.05, 4.69) is 9.88 Å². The van der Waals surface area contributed by atoms with Gasteiger partial charge in [-0.2, -0.15) is 0 Å². The third-order valence-electron chi connectivity index (χ3n) is 2.96. The second-order valence-corrected chi connectivity index (χ2v) is 8.01. The van der Waals surface area contributed by atoms with Gasteiger partial charge in [0, 0.05) is 6.54 Å². The number of nitrogens with zero attached hydrogens (tertiary/aromatic N) is 1. The van der Waals surface area contributed by atoms with Gasteiger partial charge >= 0.3 is 5.97 Å². The van der Waals surface area contributed by atoms with E-state index in [9.17, 15) is 18.3 Å². The number of aromatic nitrogens is 1. The number of sulfonamides is 1. The van der Waals surface area contributed by atoms with Crippen LogP contribution in [-0.2, 0) is 14.8 Å². The lowest BCUT2D eigenvalue weighted by atomic mass is 9.85. The second-order valence-electron chi connectivity index (χ2n) is 6.31. The highest BCUT2D eigenvalue weighted by molar-refractivity contribution is 7.89. The molecule has 1 rings (SSSR count). The Morgan fingerprint density at radius 2 is 1.95 bits per heavy atom. The van der Waals surface area contributed by atoms with Gasteiger partial charge in [-0.15, -0.1) is 0 Å². The molecule has 21 heavy (non-hydrogen) atoms. The van der Waals surface area contributed by atoms with Crippen molar-refractivity contribution in [1.29, 1.82) is 0 Å². The van der Waals surface area contributed by atoms with Crippen LogP contribution in [0.15, 0.2) is 9.42 Å². The summed E-state index contributed by atoms with van der Waals surface area (Å²) in [7, 11) is -3.83. The van der Waals surface area contributed by atoms with Crippen molar-refractivity contribution in [2.45, 2.75) is 45.9 Å². The summed E-state index contributed by atoms with van der Waals surface area (Å²) in [5.41, 5.74) is 0.0417. The van der Waals surface area contributed by atoms with E-state index in [4.69, 9.17) is 4.52 Å². The van der Waals surface area contributed by atoms with Crippen LogP contribution in [0.1, 0.15) is 38.6 Å². The molecule has 120 valence electrons. The highest BCUT2D eigenvalue weighted by Gasteiger charge is 2.29. The summed E-state index contributed by atoms with van der Waals surface area (Å²) in [6, 6.07) is 0. The van der Waals surface area contributed by atoms with E-state index < -0.39 is 21.9 Å². The summed E-state index contributed by atoms with van der Waals surface area (Å²) in [4.78, 5) is 11.2. The monoisotopic (exact) mass is 318 g/mol. The van der Waals surface area contributed by atoms with E-state index >= 15 is 0 Å². The maximum atomic E-state index is 12.2. The minimum atomic E-state index is -3.83. The summed E-state index contributed by atoms with van der Waals surface area (Å²) in [6.07, 6.45) is 0.368. The van der Waals surface area contributed by atoms with Crippen LogP contribution in [0.4, 0.5) is 0 Å². The molecule has 0 spiro atoms. The molecule has 0 aromatic carbocycles. The summed E-state index contributed by atoms with van der Waals surface area (Å²) in [5.74, 6) is -1.63. The number of hydrogen-bond acceptors (Lipinski definition) is 5. The van der Waals surface area contributed by atoms with Crippen LogP contribution in [0.25, 0.3) is 0 Å². The summed E-state index contributed by atoms with van der Waals surface area (Å²) in [6.45, 7) is 8.58. The first kappa shape index (κ1) is 17.6. The molecular formula is C13H22N2O5S. The molecule has 8 heteroatoms. The van der Waals surface area contributed by atoms with Gasteiger partial charge in [-0.25, -0.2) is 13.1 Å². The number of carboxylic acids is 1. The highest BCUT2D eigenvalue weighted by Crippen LogP contribution is 2.25. The van der Waals surface area contributed by atoms with Gasteiger partial charge in [-0.3, -0.25) is 4.79 Å². The number of nitrogens with one attached hydrogen (secondary N) is 1. The average molecular weight is 318 g/mol. The molecule has 0 bridgehead atoms. The largest absolute Gasteiger partial charge is 0.481 e. The first-order valence-corrected chi connectivity index (χ1v) is 8.08. The Hall–Kier alpha value is -1.41. The van der Waals surface area contributed by atoms with Crippen LogP contribution >= 0.6 is 0 Å². The zero-order valence-electron chi connectivity index (χ0n) is 12.9. The number of rotatable bonds is 6. The molecule has 0 aliphatic heterocycles. The zero-order valence-corrected chi connectivity index (χ0v) is 13.7. The average Bonchev–Trinajstić information content (AvgIpc) is 2.63. The lowest BCUT2D eigenvalue weighted by molar-refractivity contribution is -0.142. The van der Waals surface area contributed by atoms with Crippen molar-refractivity contribution in [1.82, 2.24) is 9.88 Å². The van der Waals surface area contributed by atoms with Gasteiger partial charge in [0.2, 0.25) is 10.0 Å². The fourth-order valence-corrected chi connectivity index (χ4v) is 3.53. The summed E-state index contributed by atoms with van der Waals surface area (Å²) < 4.78 is 31.6. The molecule has 1 aromatic heterocycles. The highest BCUT2D eigenvalue weighted by atomic mass is 32.2. The van der Waals surface area contributed by atoms with E-state index in [0.717, 1.165) is 0 Å². The van der Waals surface area contributed by atoms with Crippen LogP contribution < -0.4 is 4.72 Å². The van der Waals surface area contributed by atoms with Gasteiger partial charge in [-0.05, 0) is 25.7 Å². The van der Waals surface area contributed by atoms with Crippen molar-refractivity contribution in [3.8, 4) is 0 Å². The van der Waals surface area contributed by atoms with Gasteiger partial charge in [0.05, 0.1) is 5.92 Å². The Morgan fingerprint density at radius 1 is 1.38 bits per heavy atom. The smallest absolute Gasteiger partial charge is 0.307 e. The molecule has 0 fully saturated rings. The third-order valence-corrected chi connectivity index (χ3v) is 4.63. The fraction of sp³-hybridized carbons (Fsp3) is 0.692. The van der Waals surface area contributed by atoms with E-state index in [1.807, 2.05) is 20.8 Å². The predicted octanol–water partition coefficient (Wildman–Crippen LogP) is 1.71. The number of aliphatic carboxylic acids is 1. The molecule has 0 saturated heterocycles. The normalized spacial score (nSPS) is 14.1. The second kappa shape index (κ2) is 6.15. The Balaban J connectivity index is 2.87. The molecule has 1 aromatic rings. The fourth-order valence-electron chi connectivity index (χ4n) is 2.13. The lowest BCUT2D eigenvalue weighted by Gasteiger charge is -2.23. The summed E-state index contributed by atoms with van der Waals surface area (Å²) in [5, 5.41) is 12.8. The van der Waals surface area contributed by atoms with E-state index in [1.54, 1.807) is 0 Å². The van der Waals surface area contributed by atoms with Crippen molar-refractivity contribution in [3.63, 3.8) is 0 Å². The molecule has 1 heterocycles. The van der Waals surface area contributed by atoms with Crippen molar-refractivity contribution in [3.05, 3.63) is 11.5 Å². The van der Waals surface area contributed by atoms with Gasteiger partial charge < -0.3 is 9.63 Å². The van der Waals surface area contributed by atoms with Gasteiger partial charge in [0.15, 0.2) is 5.76 Å². The Labute approximate surface area is 124 Å². The van der Waals surface area contributed by atoms with Crippen LogP contribution in [0.3, 0.4) is 0 Å². The standard InChI is InChI=1S/C13H22N2O5S/c1-8-11(9(2)20-15-8)21(18,19)14-7-10(12(16)17)6-13(3,4)5/h10,14H,6-7H2,1-5H3,(H,16,17). The van der Waals surface area contributed by atoms with Crippen LogP contribution in [0.5, 0.6) is 0 Å². The number of hydrogen-bond donors (Lipinski definition) is 2. The van der Waals surface area contributed by atoms with E-state index in [1.165, 1.54) is 13.8 Å². The molecule has 2 N–H and O–H groups in total. The van der Waals surface area contributed by atoms with Crippen molar-refractivity contribution >= 4 is 16.0 Å². The molecule has 0 aliphatic rings. The maximum Gasteiger partial charge on any atom is 0.307 e. The van der Waals surface area contributed by atoms with Crippen molar-refractivity contribution in [2.75, 3.05) is 6.54 Å². The number of carbonyl (C=O) groups is 1. The molecular weight excluding hydrogens is 296 g/mol. The first-order chi connectivity index (χ1) is 9.44. The van der Waals surface area contributed by atoms with Crippen LogP contribution in [0.2, 0.25) is 0 Å². The lowest BCUT2D eigenvalue weighted by Crippen LogP contribution is -2.35.